The molecule has 206 valence electrons. The Hall–Kier alpha value is -4.16. The second-order valence-electron chi connectivity index (χ2n) is 10.4. The number of rotatable bonds is 7. The highest BCUT2D eigenvalue weighted by molar-refractivity contribution is 5.93. The molecule has 4 N–H and O–H groups in total. The number of carbonyl (C=O) groups is 1. The lowest BCUT2D eigenvalue weighted by molar-refractivity contribution is -0.938. The molecule has 1 amide bonds. The van der Waals surface area contributed by atoms with Gasteiger partial charge in [-0.05, 0) is 12.1 Å². The van der Waals surface area contributed by atoms with Crippen LogP contribution in [0.3, 0.4) is 0 Å². The molecular weight excluding hydrogens is 506 g/mol. The van der Waals surface area contributed by atoms with Gasteiger partial charge in [-0.1, -0.05) is 5.16 Å². The molecule has 0 unspecified atom stereocenters. The number of ether oxygens (including phenoxy) is 1. The van der Waals surface area contributed by atoms with Crippen molar-refractivity contribution in [3.63, 3.8) is 0 Å². The van der Waals surface area contributed by atoms with E-state index in [4.69, 9.17) is 9.26 Å². The fourth-order valence-corrected chi connectivity index (χ4v) is 5.54. The summed E-state index contributed by atoms with van der Waals surface area (Å²) in [4.78, 5) is 23.4. The molecule has 0 saturated carbocycles. The number of likely N-dealkylation sites (tertiary alicyclic amines) is 1. The summed E-state index contributed by atoms with van der Waals surface area (Å²) in [5, 5.41) is 41.9. The first-order valence-electron chi connectivity index (χ1n) is 13.0. The lowest BCUT2D eigenvalue weighted by atomic mass is 9.95. The van der Waals surface area contributed by atoms with Crippen LogP contribution in [-0.4, -0.2) is 76.0 Å². The maximum absolute atomic E-state index is 13.0. The van der Waals surface area contributed by atoms with Gasteiger partial charge < -0.3 is 34.6 Å². The molecular formula is C27H32N5O7+. The lowest BCUT2D eigenvalue weighted by Crippen LogP contribution is -2.61. The van der Waals surface area contributed by atoms with Crippen molar-refractivity contribution in [1.82, 2.24) is 15.8 Å². The minimum atomic E-state index is -0.531. The summed E-state index contributed by atoms with van der Waals surface area (Å²) in [6.07, 6.45) is 4.10. The largest absolute Gasteiger partial charge is 0.508 e. The van der Waals surface area contributed by atoms with Crippen LogP contribution in [0.25, 0.3) is 11.3 Å². The fraction of sp³-hybridized carbons (Fsp3) is 0.407. The summed E-state index contributed by atoms with van der Waals surface area (Å²) < 4.78 is 12.1. The predicted molar refractivity (Wildman–Crippen MR) is 141 cm³/mol. The van der Waals surface area contributed by atoms with Crippen molar-refractivity contribution in [1.29, 1.82) is 0 Å². The molecule has 2 aliphatic rings. The maximum atomic E-state index is 13.0. The number of aromatic nitrogens is 1. The molecule has 3 heterocycles. The van der Waals surface area contributed by atoms with Crippen molar-refractivity contribution in [2.45, 2.75) is 37.8 Å². The van der Waals surface area contributed by atoms with Crippen LogP contribution in [0.15, 0.2) is 47.0 Å². The Balaban J connectivity index is 1.27. The molecule has 0 aliphatic carbocycles. The van der Waals surface area contributed by atoms with E-state index in [9.17, 15) is 25.1 Å². The Labute approximate surface area is 224 Å². The smallest absolute Gasteiger partial charge is 0.290 e. The highest BCUT2D eigenvalue weighted by atomic mass is 16.6. The standard InChI is InChI=1S/C27H31N5O7/c1-32(19-6-10-28-11-7-19)12-8-17(9-13-32)29-27(35)25-16-22(30-39-25)26-23(34)14-20(33)15-24(26)38-21-4-2-18(3-5-21)31(36)37/h2-5,14-17,19,28H,6-13H2,1H3,(H2-,29,30,33,34,35)/p+1. The molecule has 0 bridgehead atoms. The van der Waals surface area contributed by atoms with Crippen LogP contribution in [-0.2, 0) is 0 Å². The number of aromatic hydroxyl groups is 2. The highest BCUT2D eigenvalue weighted by Gasteiger charge is 2.38. The van der Waals surface area contributed by atoms with Crippen LogP contribution in [0.2, 0.25) is 0 Å². The average molecular weight is 539 g/mol. The van der Waals surface area contributed by atoms with Crippen molar-refractivity contribution in [3.8, 4) is 34.3 Å². The fourth-order valence-electron chi connectivity index (χ4n) is 5.54. The molecule has 0 spiro atoms. The number of nitrogens with one attached hydrogen (secondary N) is 2. The number of quaternary nitrogens is 1. The molecule has 1 aromatic heterocycles. The number of benzene rings is 2. The number of nitrogens with zero attached hydrogens (tertiary/aromatic N) is 3. The SMILES string of the molecule is C[N+]1(C2CCNCC2)CCC(NC(=O)c2cc(-c3c(O)cc(O)cc3Oc3ccc([N+](=O)[O-])cc3)no2)CC1. The van der Waals surface area contributed by atoms with Crippen molar-refractivity contribution in [3.05, 3.63) is 58.3 Å². The van der Waals surface area contributed by atoms with Crippen molar-refractivity contribution in [2.75, 3.05) is 33.2 Å². The number of piperidine rings is 2. The third kappa shape index (κ3) is 5.81. The van der Waals surface area contributed by atoms with Gasteiger partial charge in [0.05, 0.1) is 36.7 Å². The number of hydrogen-bond donors (Lipinski definition) is 4. The quantitative estimate of drug-likeness (QED) is 0.200. The van der Waals surface area contributed by atoms with E-state index < -0.39 is 10.8 Å². The van der Waals surface area contributed by atoms with E-state index in [-0.39, 0.29) is 51.7 Å². The number of hydrogen-bond acceptors (Lipinski definition) is 9. The number of phenols is 2. The van der Waals surface area contributed by atoms with E-state index >= 15 is 0 Å². The van der Waals surface area contributed by atoms with Crippen LogP contribution in [0.4, 0.5) is 5.69 Å². The molecule has 12 nitrogen and oxygen atoms in total. The van der Waals surface area contributed by atoms with Gasteiger partial charge in [0, 0.05) is 75.1 Å². The van der Waals surface area contributed by atoms with Crippen LogP contribution in [0, 0.1) is 10.1 Å². The lowest BCUT2D eigenvalue weighted by Gasteiger charge is -2.47. The first kappa shape index (κ1) is 26.4. The van der Waals surface area contributed by atoms with Crippen molar-refractivity contribution >= 4 is 11.6 Å². The van der Waals surface area contributed by atoms with Gasteiger partial charge in [0.2, 0.25) is 5.76 Å². The van der Waals surface area contributed by atoms with E-state index in [2.05, 4.69) is 22.8 Å². The van der Waals surface area contributed by atoms with E-state index in [0.717, 1.165) is 49.6 Å². The highest BCUT2D eigenvalue weighted by Crippen LogP contribution is 2.42. The zero-order valence-corrected chi connectivity index (χ0v) is 21.6. The number of non-ortho nitro benzene ring substituents is 1. The Morgan fingerprint density at radius 1 is 1.13 bits per heavy atom. The molecule has 0 radical (unpaired) electrons. The van der Waals surface area contributed by atoms with Crippen LogP contribution in [0.1, 0.15) is 36.2 Å². The summed E-state index contributed by atoms with van der Waals surface area (Å²) in [5.41, 5.74) is 0.122. The van der Waals surface area contributed by atoms with Crippen LogP contribution in [0.5, 0.6) is 23.0 Å². The molecule has 39 heavy (non-hydrogen) atoms. The van der Waals surface area contributed by atoms with Gasteiger partial charge in [0.25, 0.3) is 11.6 Å². The normalized spacial score (nSPS) is 21.8. The first-order valence-corrected chi connectivity index (χ1v) is 13.0. The Morgan fingerprint density at radius 2 is 1.82 bits per heavy atom. The van der Waals surface area contributed by atoms with Gasteiger partial charge in [-0.2, -0.15) is 0 Å². The monoisotopic (exact) mass is 538 g/mol. The van der Waals surface area contributed by atoms with E-state index in [1.165, 1.54) is 49.2 Å². The van der Waals surface area contributed by atoms with E-state index in [1.807, 2.05) is 0 Å². The summed E-state index contributed by atoms with van der Waals surface area (Å²) >= 11 is 0. The molecule has 2 aliphatic heterocycles. The number of amides is 1. The molecule has 12 heteroatoms. The minimum absolute atomic E-state index is 0.0139. The molecule has 2 fully saturated rings. The van der Waals surface area contributed by atoms with Gasteiger partial charge in [-0.3, -0.25) is 14.9 Å². The molecule has 3 aromatic rings. The number of nitro benzene ring substituents is 1. The molecule has 2 saturated heterocycles. The molecule has 5 rings (SSSR count). The number of phenolic OH excluding ortho intramolecular Hbond substituents is 2. The first-order chi connectivity index (χ1) is 18.7. The summed E-state index contributed by atoms with van der Waals surface area (Å²) in [6, 6.07) is 9.80. The molecule has 2 aromatic carbocycles. The summed E-state index contributed by atoms with van der Waals surface area (Å²) in [5.74, 6) is -0.742. The minimum Gasteiger partial charge on any atom is -0.508 e. The van der Waals surface area contributed by atoms with Gasteiger partial charge in [-0.15, -0.1) is 0 Å². The summed E-state index contributed by atoms with van der Waals surface area (Å²) in [7, 11) is 2.32. The summed E-state index contributed by atoms with van der Waals surface area (Å²) in [6.45, 7) is 4.12. The Morgan fingerprint density at radius 3 is 2.49 bits per heavy atom. The van der Waals surface area contributed by atoms with Gasteiger partial charge in [0.1, 0.15) is 28.7 Å². The van der Waals surface area contributed by atoms with Gasteiger partial charge in [-0.25, -0.2) is 0 Å². The van der Waals surface area contributed by atoms with Crippen LogP contribution >= 0.6 is 0 Å². The van der Waals surface area contributed by atoms with Crippen molar-refractivity contribution in [2.24, 2.45) is 0 Å². The zero-order chi connectivity index (χ0) is 27.6. The third-order valence-electron chi connectivity index (χ3n) is 7.83. The second-order valence-corrected chi connectivity index (χ2v) is 10.4. The Kier molecular flexibility index (Phi) is 7.40. The Bertz CT molecular complexity index is 1340. The van der Waals surface area contributed by atoms with E-state index in [1.54, 1.807) is 0 Å². The van der Waals surface area contributed by atoms with Gasteiger partial charge in [0.15, 0.2) is 0 Å². The number of nitro groups is 1. The van der Waals surface area contributed by atoms with Crippen molar-refractivity contribution < 1.29 is 33.7 Å². The average Bonchev–Trinajstić information content (AvgIpc) is 3.40. The predicted octanol–water partition coefficient (Wildman–Crippen LogP) is 3.54. The topological polar surface area (TPSA) is 160 Å². The zero-order valence-electron chi connectivity index (χ0n) is 21.6. The second kappa shape index (κ2) is 10.9. The van der Waals surface area contributed by atoms with Gasteiger partial charge >= 0.3 is 0 Å². The van der Waals surface area contributed by atoms with E-state index in [0.29, 0.717) is 6.04 Å². The number of carbonyl (C=O) groups excluding carboxylic acids is 1. The third-order valence-corrected chi connectivity index (χ3v) is 7.83. The molecule has 0 atom stereocenters. The maximum Gasteiger partial charge on any atom is 0.290 e. The van der Waals surface area contributed by atoms with Crippen LogP contribution < -0.4 is 15.4 Å².